The highest BCUT2D eigenvalue weighted by atomic mass is 16.6. The Bertz CT molecular complexity index is 225. The highest BCUT2D eigenvalue weighted by molar-refractivity contribution is 5.78. The summed E-state index contributed by atoms with van der Waals surface area (Å²) in [5.41, 5.74) is 0. The van der Waals surface area contributed by atoms with E-state index in [9.17, 15) is 9.59 Å². The molecular weight excluding hydrogens is 208 g/mol. The van der Waals surface area contributed by atoms with Crippen LogP contribution < -0.4 is 0 Å². The SMILES string of the molecule is CCC(=O)CC1COCC(OC(=O)CC)C1. The number of hydrogen-bond acceptors (Lipinski definition) is 4. The first kappa shape index (κ1) is 13.2. The number of carbonyl (C=O) groups is 2. The normalized spacial score (nSPS) is 25.1. The Hall–Kier alpha value is -0.900. The average Bonchev–Trinajstić information content (AvgIpc) is 2.29. The van der Waals surface area contributed by atoms with Crippen molar-refractivity contribution in [2.24, 2.45) is 5.92 Å². The van der Waals surface area contributed by atoms with Crippen LogP contribution in [-0.2, 0) is 19.1 Å². The molecule has 0 bridgehead atoms. The van der Waals surface area contributed by atoms with Crippen molar-refractivity contribution in [3.8, 4) is 0 Å². The molecule has 0 amide bonds. The van der Waals surface area contributed by atoms with Crippen LogP contribution in [0, 0.1) is 5.92 Å². The van der Waals surface area contributed by atoms with Gasteiger partial charge in [-0.25, -0.2) is 0 Å². The van der Waals surface area contributed by atoms with Crippen LogP contribution >= 0.6 is 0 Å². The zero-order valence-corrected chi connectivity index (χ0v) is 10.0. The molecule has 0 aromatic carbocycles. The van der Waals surface area contributed by atoms with Gasteiger partial charge in [0, 0.05) is 19.3 Å². The predicted octanol–water partition coefficient (Wildman–Crippen LogP) is 1.71. The largest absolute Gasteiger partial charge is 0.460 e. The molecule has 0 aliphatic carbocycles. The molecule has 0 radical (unpaired) electrons. The van der Waals surface area contributed by atoms with Crippen molar-refractivity contribution in [2.45, 2.75) is 45.6 Å². The van der Waals surface area contributed by atoms with Crippen LogP contribution in [0.1, 0.15) is 39.5 Å². The Morgan fingerprint density at radius 3 is 2.62 bits per heavy atom. The molecule has 1 aliphatic rings. The molecule has 1 heterocycles. The molecule has 1 saturated heterocycles. The molecular formula is C12H20O4. The number of Topliss-reactive ketones (excluding diaryl/α,β-unsaturated/α-hetero) is 1. The number of ketones is 1. The van der Waals surface area contributed by atoms with E-state index in [1.807, 2.05) is 6.92 Å². The Kier molecular flexibility index (Phi) is 5.46. The average molecular weight is 228 g/mol. The first-order valence-corrected chi connectivity index (χ1v) is 5.94. The van der Waals surface area contributed by atoms with Gasteiger partial charge in [0.1, 0.15) is 11.9 Å². The van der Waals surface area contributed by atoms with Gasteiger partial charge in [-0.2, -0.15) is 0 Å². The third-order valence-corrected chi connectivity index (χ3v) is 2.75. The third-order valence-electron chi connectivity index (χ3n) is 2.75. The highest BCUT2D eigenvalue weighted by Gasteiger charge is 2.26. The fourth-order valence-corrected chi connectivity index (χ4v) is 1.83. The number of hydrogen-bond donors (Lipinski definition) is 0. The van der Waals surface area contributed by atoms with Gasteiger partial charge in [0.05, 0.1) is 13.2 Å². The first-order valence-electron chi connectivity index (χ1n) is 5.94. The van der Waals surface area contributed by atoms with Gasteiger partial charge in [0.2, 0.25) is 0 Å². The summed E-state index contributed by atoms with van der Waals surface area (Å²) in [4.78, 5) is 22.4. The minimum atomic E-state index is -0.198. The molecule has 0 saturated carbocycles. The lowest BCUT2D eigenvalue weighted by Crippen LogP contribution is -2.34. The minimum Gasteiger partial charge on any atom is -0.460 e. The maximum Gasteiger partial charge on any atom is 0.305 e. The Morgan fingerprint density at radius 2 is 2.00 bits per heavy atom. The summed E-state index contributed by atoms with van der Waals surface area (Å²) in [6, 6.07) is 0. The molecule has 1 aliphatic heterocycles. The Labute approximate surface area is 96.3 Å². The topological polar surface area (TPSA) is 52.6 Å². The predicted molar refractivity (Wildman–Crippen MR) is 59.0 cm³/mol. The second-order valence-electron chi connectivity index (χ2n) is 4.20. The van der Waals surface area contributed by atoms with Crippen LogP contribution in [0.5, 0.6) is 0 Å². The minimum absolute atomic E-state index is 0.171. The fourth-order valence-electron chi connectivity index (χ4n) is 1.83. The van der Waals surface area contributed by atoms with Gasteiger partial charge in [0.15, 0.2) is 0 Å². The van der Waals surface area contributed by atoms with Crippen LogP contribution in [0.3, 0.4) is 0 Å². The molecule has 0 N–H and O–H groups in total. The van der Waals surface area contributed by atoms with Gasteiger partial charge in [-0.1, -0.05) is 13.8 Å². The van der Waals surface area contributed by atoms with E-state index in [0.29, 0.717) is 32.5 Å². The Balaban J connectivity index is 2.35. The lowest BCUT2D eigenvalue weighted by atomic mass is 9.94. The summed E-state index contributed by atoms with van der Waals surface area (Å²) >= 11 is 0. The molecule has 0 aromatic rings. The zero-order valence-electron chi connectivity index (χ0n) is 10.0. The van der Waals surface area contributed by atoms with Crippen molar-refractivity contribution >= 4 is 11.8 Å². The molecule has 1 rings (SSSR count). The van der Waals surface area contributed by atoms with E-state index in [1.165, 1.54) is 0 Å². The van der Waals surface area contributed by atoms with Gasteiger partial charge < -0.3 is 9.47 Å². The lowest BCUT2D eigenvalue weighted by Gasteiger charge is -2.28. The van der Waals surface area contributed by atoms with Crippen molar-refractivity contribution in [3.63, 3.8) is 0 Å². The Morgan fingerprint density at radius 1 is 1.25 bits per heavy atom. The summed E-state index contributed by atoms with van der Waals surface area (Å²) in [7, 11) is 0. The summed E-state index contributed by atoms with van der Waals surface area (Å²) in [5.74, 6) is 0.253. The molecule has 2 atom stereocenters. The summed E-state index contributed by atoms with van der Waals surface area (Å²) < 4.78 is 10.6. The van der Waals surface area contributed by atoms with Crippen LogP contribution in [-0.4, -0.2) is 31.1 Å². The van der Waals surface area contributed by atoms with Crippen LogP contribution in [0.2, 0.25) is 0 Å². The standard InChI is InChI=1S/C12H20O4/c1-3-10(13)5-9-6-11(8-15-7-9)16-12(14)4-2/h9,11H,3-8H2,1-2H3. The summed E-state index contributed by atoms with van der Waals surface area (Å²) in [6.07, 6.45) is 2.06. The number of ether oxygens (including phenoxy) is 2. The molecule has 2 unspecified atom stereocenters. The van der Waals surface area contributed by atoms with Crippen molar-refractivity contribution in [2.75, 3.05) is 13.2 Å². The van der Waals surface area contributed by atoms with Gasteiger partial charge in [0.25, 0.3) is 0 Å². The first-order chi connectivity index (χ1) is 7.65. The summed E-state index contributed by atoms with van der Waals surface area (Å²) in [5, 5.41) is 0. The van der Waals surface area contributed by atoms with Crippen molar-refractivity contribution in [1.29, 1.82) is 0 Å². The smallest absolute Gasteiger partial charge is 0.305 e. The van der Waals surface area contributed by atoms with Crippen LogP contribution in [0.4, 0.5) is 0 Å². The fraction of sp³-hybridized carbons (Fsp3) is 0.833. The third kappa shape index (κ3) is 4.31. The highest BCUT2D eigenvalue weighted by Crippen LogP contribution is 2.21. The van der Waals surface area contributed by atoms with Crippen LogP contribution in [0.25, 0.3) is 0 Å². The maximum absolute atomic E-state index is 11.3. The van der Waals surface area contributed by atoms with Gasteiger partial charge in [-0.05, 0) is 12.3 Å². The van der Waals surface area contributed by atoms with E-state index < -0.39 is 0 Å². The van der Waals surface area contributed by atoms with Gasteiger partial charge >= 0.3 is 5.97 Å². The zero-order chi connectivity index (χ0) is 12.0. The van der Waals surface area contributed by atoms with Crippen molar-refractivity contribution < 1.29 is 19.1 Å². The van der Waals surface area contributed by atoms with E-state index in [1.54, 1.807) is 6.92 Å². The number of esters is 1. The van der Waals surface area contributed by atoms with E-state index in [0.717, 1.165) is 6.42 Å². The van der Waals surface area contributed by atoms with E-state index in [-0.39, 0.29) is 23.8 Å². The number of carbonyl (C=O) groups excluding carboxylic acids is 2. The van der Waals surface area contributed by atoms with E-state index >= 15 is 0 Å². The van der Waals surface area contributed by atoms with E-state index in [2.05, 4.69) is 0 Å². The molecule has 92 valence electrons. The molecule has 0 aromatic heterocycles. The molecule has 4 heteroatoms. The second kappa shape index (κ2) is 6.63. The van der Waals surface area contributed by atoms with Gasteiger partial charge in [-0.15, -0.1) is 0 Å². The summed E-state index contributed by atoms with van der Waals surface area (Å²) in [6.45, 7) is 4.69. The van der Waals surface area contributed by atoms with E-state index in [4.69, 9.17) is 9.47 Å². The number of rotatable bonds is 5. The van der Waals surface area contributed by atoms with Crippen LogP contribution in [0.15, 0.2) is 0 Å². The van der Waals surface area contributed by atoms with Crippen molar-refractivity contribution in [1.82, 2.24) is 0 Å². The molecule has 16 heavy (non-hydrogen) atoms. The second-order valence-corrected chi connectivity index (χ2v) is 4.20. The quantitative estimate of drug-likeness (QED) is 0.672. The van der Waals surface area contributed by atoms with Gasteiger partial charge in [-0.3, -0.25) is 9.59 Å². The molecule has 0 spiro atoms. The molecule has 4 nitrogen and oxygen atoms in total. The maximum atomic E-state index is 11.3. The molecule has 1 fully saturated rings. The van der Waals surface area contributed by atoms with Crippen molar-refractivity contribution in [3.05, 3.63) is 0 Å². The monoisotopic (exact) mass is 228 g/mol. The lowest BCUT2D eigenvalue weighted by molar-refractivity contribution is -0.157.